The summed E-state index contributed by atoms with van der Waals surface area (Å²) in [4.78, 5) is 0. The van der Waals surface area contributed by atoms with Crippen molar-refractivity contribution in [3.8, 4) is 0 Å². The maximum Gasteiger partial charge on any atom is 0.0783 e. The second kappa shape index (κ2) is 9.70. The highest BCUT2D eigenvalue weighted by molar-refractivity contribution is 6.84. The van der Waals surface area contributed by atoms with Gasteiger partial charge in [0.15, 0.2) is 0 Å². The average Bonchev–Trinajstić information content (AvgIpc) is 3.17. The molecule has 0 heterocycles. The molecule has 0 N–H and O–H groups in total. The van der Waals surface area contributed by atoms with Crippen molar-refractivity contribution in [3.63, 3.8) is 0 Å². The Morgan fingerprint density at radius 2 is 0.808 bits per heavy atom. The third-order valence-electron chi connectivity index (χ3n) is 4.10. The van der Waals surface area contributed by atoms with E-state index in [0.717, 1.165) is 0 Å². The second-order valence-electron chi connectivity index (χ2n) is 8.58. The predicted octanol–water partition coefficient (Wildman–Crippen LogP) is 7.52. The second-order valence-corrected chi connectivity index (χ2v) is 18.7. The van der Waals surface area contributed by atoms with Gasteiger partial charge in [-0.2, -0.15) is 0 Å². The first kappa shape index (κ1) is 22.1. The molecule has 26 heavy (non-hydrogen) atoms. The first-order valence-corrected chi connectivity index (χ1v) is 16.2. The van der Waals surface area contributed by atoms with Gasteiger partial charge in [-0.05, 0) is 11.1 Å². The third kappa shape index (κ3) is 7.55. The van der Waals surface area contributed by atoms with Gasteiger partial charge >= 0.3 is 0 Å². The fourth-order valence-electron chi connectivity index (χ4n) is 2.76. The Bertz CT molecular complexity index is 654. The van der Waals surface area contributed by atoms with E-state index in [1.165, 1.54) is 21.5 Å². The molecule has 0 radical (unpaired) electrons. The van der Waals surface area contributed by atoms with E-state index >= 15 is 0 Å². The summed E-state index contributed by atoms with van der Waals surface area (Å²) in [7, 11) is -2.18. The van der Waals surface area contributed by atoms with Crippen LogP contribution in [-0.4, -0.2) is 16.1 Å². The lowest BCUT2D eigenvalue weighted by atomic mass is 10.3. The lowest BCUT2D eigenvalue weighted by molar-refractivity contribution is 1.61. The molecule has 0 amide bonds. The maximum absolute atomic E-state index is 3.98. The van der Waals surface area contributed by atoms with Crippen LogP contribution in [0.2, 0.25) is 39.3 Å². The molecule has 0 bridgehead atoms. The number of benzene rings is 1. The fraction of sp³-hybridized carbons (Fsp3) is 0.250. The zero-order valence-electron chi connectivity index (χ0n) is 17.3. The highest BCUT2D eigenvalue weighted by Crippen LogP contribution is 2.26. The van der Waals surface area contributed by atoms with Crippen molar-refractivity contribution in [2.75, 3.05) is 0 Å². The molecule has 1 aromatic rings. The molecule has 0 saturated heterocycles. The first-order valence-electron chi connectivity index (χ1n) is 9.20. The van der Waals surface area contributed by atoms with Crippen molar-refractivity contribution < 1.29 is 0 Å². The normalized spacial score (nSPS) is 15.6. The van der Waals surface area contributed by atoms with Crippen molar-refractivity contribution in [1.82, 2.24) is 0 Å². The van der Waals surface area contributed by atoms with Gasteiger partial charge in [-0.25, -0.2) is 0 Å². The molecular weight excluding hydrogens is 344 g/mol. The Kier molecular flexibility index (Phi) is 8.26. The molecule has 3 rings (SSSR count). The molecule has 2 heteroatoms. The van der Waals surface area contributed by atoms with E-state index < -0.39 is 16.1 Å². The van der Waals surface area contributed by atoms with Gasteiger partial charge in [-0.3, -0.25) is 0 Å². The minimum atomic E-state index is -1.09. The van der Waals surface area contributed by atoms with E-state index in [-0.39, 0.29) is 0 Å². The van der Waals surface area contributed by atoms with Crippen molar-refractivity contribution in [2.45, 2.75) is 39.3 Å². The van der Waals surface area contributed by atoms with Crippen LogP contribution in [0.25, 0.3) is 0 Å². The zero-order valence-corrected chi connectivity index (χ0v) is 19.3. The fourth-order valence-corrected chi connectivity index (χ4v) is 6.05. The van der Waals surface area contributed by atoms with Crippen LogP contribution in [0.15, 0.2) is 108 Å². The van der Waals surface area contributed by atoms with Gasteiger partial charge in [0.25, 0.3) is 0 Å². The molecule has 0 aliphatic heterocycles. The summed E-state index contributed by atoms with van der Waals surface area (Å²) >= 11 is 0. The standard InChI is InChI=1S/2C9H14Si.C6H6/c2*1-8-6-5-7-9(8)10(2,3)4;1-2-4-6-5-3-1/h2*5-7H,1H2,2-4H3;1-6H. The van der Waals surface area contributed by atoms with Gasteiger partial charge in [0, 0.05) is 0 Å². The SMILES string of the molecule is C=C1C=CC=C1[Si](C)(C)C.C=C1C=CC=C1[Si](C)(C)C.c1ccccc1. The minimum absolute atomic E-state index is 1.09. The number of rotatable bonds is 2. The van der Waals surface area contributed by atoms with Crippen LogP contribution in [-0.2, 0) is 0 Å². The largest absolute Gasteiger partial charge is 0.0919 e. The number of allylic oxidation sites excluding steroid dienone is 10. The first-order chi connectivity index (χ1) is 12.0. The quantitative estimate of drug-likeness (QED) is 0.467. The van der Waals surface area contributed by atoms with Crippen LogP contribution < -0.4 is 0 Å². The highest BCUT2D eigenvalue weighted by atomic mass is 28.3. The molecule has 0 aromatic heterocycles. The number of hydrogen-bond donors (Lipinski definition) is 0. The van der Waals surface area contributed by atoms with Gasteiger partial charge < -0.3 is 0 Å². The Labute approximate surface area is 163 Å². The summed E-state index contributed by atoms with van der Waals surface area (Å²) in [6.45, 7) is 22.0. The predicted molar refractivity (Wildman–Crippen MR) is 126 cm³/mol. The van der Waals surface area contributed by atoms with Crippen molar-refractivity contribution in [3.05, 3.63) is 108 Å². The third-order valence-corrected chi connectivity index (χ3v) is 8.30. The van der Waals surface area contributed by atoms with E-state index in [2.05, 4.69) is 88.9 Å². The molecule has 0 spiro atoms. The molecule has 2 aliphatic carbocycles. The average molecular weight is 379 g/mol. The van der Waals surface area contributed by atoms with E-state index in [4.69, 9.17) is 0 Å². The lowest BCUT2D eigenvalue weighted by Gasteiger charge is -2.18. The van der Waals surface area contributed by atoms with E-state index in [0.29, 0.717) is 0 Å². The van der Waals surface area contributed by atoms with E-state index in [1.807, 2.05) is 36.4 Å². The summed E-state index contributed by atoms with van der Waals surface area (Å²) in [5.74, 6) is 0. The molecule has 0 nitrogen and oxygen atoms in total. The Balaban J connectivity index is 0.000000201. The van der Waals surface area contributed by atoms with E-state index in [1.54, 1.807) is 0 Å². The summed E-state index contributed by atoms with van der Waals surface area (Å²) in [5, 5.41) is 2.99. The van der Waals surface area contributed by atoms with E-state index in [9.17, 15) is 0 Å². The monoisotopic (exact) mass is 378 g/mol. The topological polar surface area (TPSA) is 0 Å². The summed E-state index contributed by atoms with van der Waals surface area (Å²) in [6, 6.07) is 12.0. The van der Waals surface area contributed by atoms with Gasteiger partial charge in [0.05, 0.1) is 16.1 Å². The van der Waals surface area contributed by atoms with Crippen LogP contribution in [0.4, 0.5) is 0 Å². The smallest absolute Gasteiger partial charge is 0.0783 e. The maximum atomic E-state index is 3.98. The summed E-state index contributed by atoms with van der Waals surface area (Å²) in [6.07, 6.45) is 12.8. The molecular formula is C24H34Si2. The highest BCUT2D eigenvalue weighted by Gasteiger charge is 2.22. The van der Waals surface area contributed by atoms with Gasteiger partial charge in [0.2, 0.25) is 0 Å². The molecule has 138 valence electrons. The van der Waals surface area contributed by atoms with Crippen LogP contribution in [0.3, 0.4) is 0 Å². The molecule has 0 fully saturated rings. The summed E-state index contributed by atoms with van der Waals surface area (Å²) in [5.41, 5.74) is 2.44. The molecule has 0 atom stereocenters. The molecule has 1 aromatic carbocycles. The molecule has 0 saturated carbocycles. The van der Waals surface area contributed by atoms with Crippen molar-refractivity contribution in [1.29, 1.82) is 0 Å². The van der Waals surface area contributed by atoms with Gasteiger partial charge in [-0.15, -0.1) is 0 Å². The van der Waals surface area contributed by atoms with Crippen molar-refractivity contribution >= 4 is 16.1 Å². The lowest BCUT2D eigenvalue weighted by Crippen LogP contribution is -2.23. The number of hydrogen-bond acceptors (Lipinski definition) is 0. The Morgan fingerprint density at radius 3 is 0.923 bits per heavy atom. The Morgan fingerprint density at radius 1 is 0.538 bits per heavy atom. The zero-order chi connectivity index (χ0) is 19.8. The minimum Gasteiger partial charge on any atom is -0.0919 e. The van der Waals surface area contributed by atoms with Gasteiger partial charge in [0.1, 0.15) is 0 Å². The molecule has 0 unspecified atom stereocenters. The van der Waals surface area contributed by atoms with Gasteiger partial charge in [-0.1, -0.05) is 136 Å². The van der Waals surface area contributed by atoms with Crippen LogP contribution in [0.5, 0.6) is 0 Å². The van der Waals surface area contributed by atoms with Crippen LogP contribution in [0.1, 0.15) is 0 Å². The van der Waals surface area contributed by atoms with Crippen LogP contribution in [0, 0.1) is 0 Å². The van der Waals surface area contributed by atoms with Crippen molar-refractivity contribution in [2.24, 2.45) is 0 Å². The molecule has 2 aliphatic rings. The Hall–Kier alpha value is -1.91. The van der Waals surface area contributed by atoms with Crippen LogP contribution >= 0.6 is 0 Å². The summed E-state index contributed by atoms with van der Waals surface area (Å²) < 4.78 is 0.